The summed E-state index contributed by atoms with van der Waals surface area (Å²) in [6, 6.07) is 5.20. The normalized spacial score (nSPS) is 9.37. The number of hydrogen-bond acceptors (Lipinski definition) is 5. The highest BCUT2D eigenvalue weighted by Crippen LogP contribution is 2.34. The highest BCUT2D eigenvalue weighted by molar-refractivity contribution is 5.78. The number of ether oxygens (including phenoxy) is 3. The van der Waals surface area contributed by atoms with E-state index in [0.717, 1.165) is 5.56 Å². The van der Waals surface area contributed by atoms with Gasteiger partial charge in [-0.2, -0.15) is 5.26 Å². The maximum atomic E-state index is 11.3. The molecule has 1 N–H and O–H groups in total. The SMILES string of the molecule is COc1cc(OC)c(OC)cc1CNC(=O)CC#N. The van der Waals surface area contributed by atoms with Crippen molar-refractivity contribution >= 4 is 5.91 Å². The predicted octanol–water partition coefficient (Wildman–Crippen LogP) is 1.24. The molecule has 6 heteroatoms. The van der Waals surface area contributed by atoms with Crippen LogP contribution in [0.15, 0.2) is 12.1 Å². The second-order valence-electron chi connectivity index (χ2n) is 3.63. The number of amides is 1. The lowest BCUT2D eigenvalue weighted by Gasteiger charge is -2.14. The van der Waals surface area contributed by atoms with E-state index in [1.807, 2.05) is 0 Å². The number of nitrogens with zero attached hydrogens (tertiary/aromatic N) is 1. The zero-order valence-electron chi connectivity index (χ0n) is 11.1. The third kappa shape index (κ3) is 3.78. The van der Waals surface area contributed by atoms with Crippen molar-refractivity contribution in [2.24, 2.45) is 0 Å². The molecule has 0 unspecified atom stereocenters. The summed E-state index contributed by atoms with van der Waals surface area (Å²) in [6.07, 6.45) is -0.171. The maximum absolute atomic E-state index is 11.3. The summed E-state index contributed by atoms with van der Waals surface area (Å²) in [6.45, 7) is 0.254. The zero-order chi connectivity index (χ0) is 14.3. The molecule has 1 aromatic rings. The average molecular weight is 264 g/mol. The fourth-order valence-corrected chi connectivity index (χ4v) is 1.56. The Morgan fingerprint density at radius 3 is 2.26 bits per heavy atom. The first kappa shape index (κ1) is 14.6. The van der Waals surface area contributed by atoms with Gasteiger partial charge in [-0.3, -0.25) is 4.79 Å². The number of carbonyl (C=O) groups is 1. The summed E-state index contributed by atoms with van der Waals surface area (Å²) in [5.41, 5.74) is 0.742. The van der Waals surface area contributed by atoms with Crippen LogP contribution in [0, 0.1) is 11.3 Å². The lowest BCUT2D eigenvalue weighted by molar-refractivity contribution is -0.120. The van der Waals surface area contributed by atoms with Crippen LogP contribution < -0.4 is 19.5 Å². The monoisotopic (exact) mass is 264 g/mol. The summed E-state index contributed by atoms with van der Waals surface area (Å²) in [5.74, 6) is 1.34. The van der Waals surface area contributed by atoms with E-state index < -0.39 is 0 Å². The molecule has 0 saturated heterocycles. The Balaban J connectivity index is 2.93. The van der Waals surface area contributed by atoms with Crippen LogP contribution in [0.4, 0.5) is 0 Å². The molecule has 0 spiro atoms. The molecule has 0 fully saturated rings. The van der Waals surface area contributed by atoms with Crippen molar-refractivity contribution in [3.63, 3.8) is 0 Å². The van der Waals surface area contributed by atoms with Gasteiger partial charge in [-0.05, 0) is 6.07 Å². The van der Waals surface area contributed by atoms with E-state index in [2.05, 4.69) is 5.32 Å². The van der Waals surface area contributed by atoms with Crippen molar-refractivity contribution < 1.29 is 19.0 Å². The van der Waals surface area contributed by atoms with Gasteiger partial charge in [-0.25, -0.2) is 0 Å². The van der Waals surface area contributed by atoms with E-state index in [-0.39, 0.29) is 18.9 Å². The van der Waals surface area contributed by atoms with Crippen molar-refractivity contribution in [1.29, 1.82) is 5.26 Å². The number of hydrogen-bond donors (Lipinski definition) is 1. The van der Waals surface area contributed by atoms with Gasteiger partial charge in [-0.1, -0.05) is 0 Å². The minimum Gasteiger partial charge on any atom is -0.496 e. The summed E-state index contributed by atoms with van der Waals surface area (Å²) >= 11 is 0. The fraction of sp³-hybridized carbons (Fsp3) is 0.385. The topological polar surface area (TPSA) is 80.6 Å². The average Bonchev–Trinajstić information content (AvgIpc) is 2.44. The van der Waals surface area contributed by atoms with Gasteiger partial charge >= 0.3 is 0 Å². The van der Waals surface area contributed by atoms with E-state index >= 15 is 0 Å². The largest absolute Gasteiger partial charge is 0.496 e. The summed E-state index contributed by atoms with van der Waals surface area (Å²) in [4.78, 5) is 11.3. The molecule has 0 aliphatic heterocycles. The third-order valence-corrected chi connectivity index (χ3v) is 2.50. The first-order valence-electron chi connectivity index (χ1n) is 5.58. The second-order valence-corrected chi connectivity index (χ2v) is 3.63. The van der Waals surface area contributed by atoms with E-state index in [1.165, 1.54) is 21.3 Å². The first-order valence-corrected chi connectivity index (χ1v) is 5.58. The Morgan fingerprint density at radius 1 is 1.16 bits per heavy atom. The Hall–Kier alpha value is -2.42. The summed E-state index contributed by atoms with van der Waals surface area (Å²) in [7, 11) is 4.59. The molecule has 0 aliphatic carbocycles. The molecule has 0 bridgehead atoms. The van der Waals surface area contributed by atoms with Crippen LogP contribution in [0.3, 0.4) is 0 Å². The lowest BCUT2D eigenvalue weighted by atomic mass is 10.1. The molecule has 1 amide bonds. The Morgan fingerprint density at radius 2 is 1.74 bits per heavy atom. The lowest BCUT2D eigenvalue weighted by Crippen LogP contribution is -2.22. The highest BCUT2D eigenvalue weighted by atomic mass is 16.5. The number of nitriles is 1. The van der Waals surface area contributed by atoms with E-state index in [9.17, 15) is 4.79 Å². The highest BCUT2D eigenvalue weighted by Gasteiger charge is 2.12. The Bertz CT molecular complexity index is 494. The Kier molecular flexibility index (Phi) is 5.48. The van der Waals surface area contributed by atoms with Gasteiger partial charge in [0.15, 0.2) is 11.5 Å². The number of methoxy groups -OCH3 is 3. The molecule has 0 atom stereocenters. The predicted molar refractivity (Wildman–Crippen MR) is 68.2 cm³/mol. The Labute approximate surface area is 111 Å². The molecule has 1 rings (SSSR count). The van der Waals surface area contributed by atoms with Crippen LogP contribution in [0.5, 0.6) is 17.2 Å². The molecule has 0 aliphatic rings. The molecule has 0 radical (unpaired) electrons. The van der Waals surface area contributed by atoms with E-state index in [1.54, 1.807) is 18.2 Å². The molecule has 1 aromatic carbocycles. The van der Waals surface area contributed by atoms with Crippen LogP contribution in [-0.2, 0) is 11.3 Å². The molecular formula is C13H16N2O4. The van der Waals surface area contributed by atoms with Gasteiger partial charge in [0, 0.05) is 18.2 Å². The minimum atomic E-state index is -0.334. The van der Waals surface area contributed by atoms with Gasteiger partial charge < -0.3 is 19.5 Å². The summed E-state index contributed by atoms with van der Waals surface area (Å²) < 4.78 is 15.6. The smallest absolute Gasteiger partial charge is 0.234 e. The van der Waals surface area contributed by atoms with Crippen molar-refractivity contribution in [2.45, 2.75) is 13.0 Å². The summed E-state index contributed by atoms with van der Waals surface area (Å²) in [5, 5.41) is 11.0. The van der Waals surface area contributed by atoms with Crippen molar-refractivity contribution in [2.75, 3.05) is 21.3 Å². The molecule has 0 heterocycles. The van der Waals surface area contributed by atoms with Crippen LogP contribution in [-0.4, -0.2) is 27.2 Å². The molecular weight excluding hydrogens is 248 g/mol. The minimum absolute atomic E-state index is 0.171. The van der Waals surface area contributed by atoms with E-state index in [0.29, 0.717) is 17.2 Å². The van der Waals surface area contributed by atoms with Gasteiger partial charge in [0.25, 0.3) is 0 Å². The van der Waals surface area contributed by atoms with Crippen LogP contribution in [0.1, 0.15) is 12.0 Å². The van der Waals surface area contributed by atoms with Gasteiger partial charge in [0.1, 0.15) is 12.2 Å². The first-order chi connectivity index (χ1) is 9.15. The molecule has 0 saturated carbocycles. The van der Waals surface area contributed by atoms with Crippen molar-refractivity contribution in [3.05, 3.63) is 17.7 Å². The number of rotatable bonds is 6. The molecule has 0 aromatic heterocycles. The van der Waals surface area contributed by atoms with Crippen molar-refractivity contribution in [1.82, 2.24) is 5.32 Å². The van der Waals surface area contributed by atoms with E-state index in [4.69, 9.17) is 19.5 Å². The fourth-order valence-electron chi connectivity index (χ4n) is 1.56. The molecule has 19 heavy (non-hydrogen) atoms. The van der Waals surface area contributed by atoms with Crippen LogP contribution >= 0.6 is 0 Å². The number of benzene rings is 1. The second kappa shape index (κ2) is 7.11. The number of nitrogens with one attached hydrogen (secondary N) is 1. The van der Waals surface area contributed by atoms with Crippen LogP contribution in [0.2, 0.25) is 0 Å². The third-order valence-electron chi connectivity index (χ3n) is 2.50. The maximum Gasteiger partial charge on any atom is 0.234 e. The van der Waals surface area contributed by atoms with Gasteiger partial charge in [-0.15, -0.1) is 0 Å². The zero-order valence-corrected chi connectivity index (χ0v) is 11.1. The van der Waals surface area contributed by atoms with Crippen molar-refractivity contribution in [3.8, 4) is 23.3 Å². The van der Waals surface area contributed by atoms with Gasteiger partial charge in [0.2, 0.25) is 5.91 Å². The molecule has 102 valence electrons. The van der Waals surface area contributed by atoms with Crippen LogP contribution in [0.25, 0.3) is 0 Å². The number of carbonyl (C=O) groups excluding carboxylic acids is 1. The quantitative estimate of drug-likeness (QED) is 0.836. The van der Waals surface area contributed by atoms with Gasteiger partial charge in [0.05, 0.1) is 27.4 Å². The standard InChI is InChI=1S/C13H16N2O4/c1-17-10-7-12(19-3)11(18-2)6-9(10)8-15-13(16)4-5-14/h6-7H,4,8H2,1-3H3,(H,15,16). The molecule has 6 nitrogen and oxygen atoms in total.